The van der Waals surface area contributed by atoms with Gasteiger partial charge >= 0.3 is 394 Å². The molecule has 2 saturated heterocycles. The minimum absolute atomic E-state index is 0.0603. The molecule has 5 rings (SSSR count). The monoisotopic (exact) mass is 1960 g/mol. The minimum atomic E-state index is -2.11. The van der Waals surface area contributed by atoms with E-state index in [-0.39, 0.29) is 74.5 Å². The Morgan fingerprint density at radius 3 is 1.65 bits per heavy atom. The van der Waals surface area contributed by atoms with Crippen molar-refractivity contribution in [3.63, 3.8) is 0 Å². The van der Waals surface area contributed by atoms with Crippen LogP contribution in [0.1, 0.15) is 109 Å². The number of nitrogens with two attached hydrogens (primary N) is 5. The van der Waals surface area contributed by atoms with Crippen LogP contribution in [0.25, 0.3) is 10.9 Å². The summed E-state index contributed by atoms with van der Waals surface area (Å²) in [4.78, 5) is 267. The van der Waals surface area contributed by atoms with Crippen LogP contribution in [0.4, 0.5) is 0 Å². The molecule has 702 valence electrons. The third kappa shape index (κ3) is 37.2. The standard InChI is InChI=1S/C74H115N27O22S2Se2/c1-4-5-6-7-8-11-20-101-27-56(106)88-44(21-38-25-85-41-15-10-9-14-40(38)41)63(114)87-37(3)60(111)89-42(16-12-18-83-73(78)79)61(112)93-47(24-57(107)108)66(117)91-45(22-39-26-82-35-86-39)64(115)94-48(28-102)67(118)90-43(17-13-19-84-74(80)81)62(113)100-54-34-127-126-33-53(99-59(110)36(2)75)70(121)92-46(23-55(76)105)65(116)98-52(32-125-124-31-51(58(77)109)97-71(54)122)69(120)95-49(29-103)68(119)96-50(30-104)72(101)123/h9-10,14-15,25-26,35-37,42-54,85,102-104H,4-8,11-13,16-24,27-34,75H2,1-3H3,(H2,76,105)(H2,77,109)(H,82,86)(H,87,114)(H,88,106)(H,89,111)(H,90,118)(H,91,117)(H,92,121)(H,93,112)(H,94,115)(H,95,120)(H,96,119)(H,97,122)(H,98,116)(H,99,110)(H,100,113)(H,107,108)(H4,78,79,83)(H4,80,81,84)/t36-,37-,42-,43-,44-,45-,46-,47-,48-,49-,50-,51-,52-,53-,54-/m0/s1. The summed E-state index contributed by atoms with van der Waals surface area (Å²) in [6.45, 7) is -0.541. The van der Waals surface area contributed by atoms with Crippen molar-refractivity contribution in [3.8, 4) is 0 Å². The van der Waals surface area contributed by atoms with Crippen molar-refractivity contribution in [2.75, 3.05) is 57.5 Å². The van der Waals surface area contributed by atoms with Crippen molar-refractivity contribution >= 4 is 177 Å². The zero-order chi connectivity index (χ0) is 94.0. The fourth-order valence-electron chi connectivity index (χ4n) is 12.4. The Hall–Kier alpha value is -11.5. The maximum atomic E-state index is 14.9. The predicted octanol–water partition coefficient (Wildman–Crippen LogP) is -11.1. The van der Waals surface area contributed by atoms with Gasteiger partial charge in [0.15, 0.2) is 5.96 Å². The molecule has 4 heterocycles. The summed E-state index contributed by atoms with van der Waals surface area (Å²) in [5.74, 6) is -23.6. The van der Waals surface area contributed by atoms with Crippen LogP contribution < -0.4 is 114 Å². The second kappa shape index (κ2) is 55.2. The number of H-pyrrole nitrogens is 2. The third-order valence-electron chi connectivity index (χ3n) is 19.3. The van der Waals surface area contributed by atoms with Crippen LogP contribution in [-0.4, -0.2) is 333 Å². The average Bonchev–Trinajstić information content (AvgIpc) is 1.67. The number of primary amides is 2. The van der Waals surface area contributed by atoms with E-state index in [4.69, 9.17) is 39.5 Å². The van der Waals surface area contributed by atoms with E-state index in [9.17, 15) is 107 Å². The van der Waals surface area contributed by atoms with Gasteiger partial charge in [-0.1, -0.05) is 57.2 Å². The van der Waals surface area contributed by atoms with Crippen molar-refractivity contribution < 1.29 is 107 Å². The predicted molar refractivity (Wildman–Crippen MR) is 461 cm³/mol. The Kier molecular flexibility index (Phi) is 46.1. The molecule has 2 aliphatic heterocycles. The number of imidazole rings is 1. The van der Waals surface area contributed by atoms with Gasteiger partial charge in [0.1, 0.15) is 30.2 Å². The van der Waals surface area contributed by atoms with Gasteiger partial charge < -0.3 is 67.8 Å². The Balaban J connectivity index is 1.70. The number of benzene rings is 1. The van der Waals surface area contributed by atoms with Gasteiger partial charge in [0.2, 0.25) is 35.4 Å². The second-order valence-corrected chi connectivity index (χ2v) is 39.6. The minimum Gasteiger partial charge on any atom is -0.394 e. The Labute approximate surface area is 747 Å². The van der Waals surface area contributed by atoms with Gasteiger partial charge in [0.25, 0.3) is 0 Å². The van der Waals surface area contributed by atoms with E-state index in [1.165, 1.54) is 26.4 Å². The first-order chi connectivity index (χ1) is 60.4. The number of hydrogen-bond donors (Lipinski definition) is 29. The number of carboxylic acid groups (broad SMARTS) is 1. The summed E-state index contributed by atoms with van der Waals surface area (Å²) in [7, 11) is 1.47. The summed E-state index contributed by atoms with van der Waals surface area (Å²) >= 11 is -1.67. The molecule has 17 amide bonds. The van der Waals surface area contributed by atoms with E-state index in [2.05, 4.69) is 100 Å². The molecular weight excluding hydrogens is 1840 g/mol. The average molecular weight is 1960 g/mol. The molecule has 53 heteroatoms. The molecule has 34 N–H and O–H groups in total. The number of fused-ring (bicyclic) bond motifs is 9. The number of guanidine groups is 2. The smallest absolute Gasteiger partial charge is 0.394 e. The summed E-state index contributed by atoms with van der Waals surface area (Å²) in [6, 6.07) is -19.9. The van der Waals surface area contributed by atoms with Crippen LogP contribution >= 0.6 is 21.6 Å². The Morgan fingerprint density at radius 1 is 0.551 bits per heavy atom. The summed E-state index contributed by atoms with van der Waals surface area (Å²) in [5.41, 5.74) is 29.5. The first-order valence-corrected chi connectivity index (χ1v) is 49.7. The van der Waals surface area contributed by atoms with Gasteiger partial charge in [-0.2, -0.15) is 0 Å². The van der Waals surface area contributed by atoms with E-state index >= 15 is 0 Å². The van der Waals surface area contributed by atoms with Crippen molar-refractivity contribution in [1.82, 2.24) is 105 Å². The molecule has 49 nitrogen and oxygen atoms in total. The van der Waals surface area contributed by atoms with Gasteiger partial charge in [-0.25, -0.2) is 4.98 Å². The third-order valence-corrected chi connectivity index (χ3v) is 28.8. The number of carbonyl (C=O) groups excluding carboxylic acids is 17. The molecule has 15 atom stereocenters. The molecule has 0 saturated carbocycles. The van der Waals surface area contributed by atoms with Crippen molar-refractivity contribution in [1.29, 1.82) is 10.8 Å². The van der Waals surface area contributed by atoms with Crippen LogP contribution in [0.3, 0.4) is 0 Å². The van der Waals surface area contributed by atoms with E-state index in [1.807, 2.05) is 6.92 Å². The van der Waals surface area contributed by atoms with E-state index < -0.39 is 292 Å². The number of unbranched alkanes of at least 4 members (excludes halogenated alkanes) is 5. The second-order valence-electron chi connectivity index (χ2n) is 29.6. The number of hydrogen-bond acceptors (Lipinski definition) is 27. The van der Waals surface area contributed by atoms with Gasteiger partial charge in [-0.05, 0) is 37.8 Å². The first kappa shape index (κ1) is 106. The molecule has 0 aliphatic carbocycles. The normalized spacial score (nSPS) is 24.6. The Bertz CT molecular complexity index is 4330. The topological polar surface area (TPSA) is 806 Å². The van der Waals surface area contributed by atoms with Crippen LogP contribution in [0, 0.1) is 10.8 Å². The number of aromatic amines is 2. The maximum absolute atomic E-state index is 14.9. The summed E-state index contributed by atoms with van der Waals surface area (Å²) < 4.78 is 0. The van der Waals surface area contributed by atoms with E-state index in [1.54, 1.807) is 30.5 Å². The SMILES string of the molecule is CCCCCCCCN1CC(=O)N[C@@H](Cc2c[nH]c3ccccc23)C(=O)N[C@@H](C)C(=O)N[C@@H](CCCNC(=N)N)C(=O)N[C@@H](CC(=O)O)C(=O)N[C@@H](Cc2c[nH]cn2)C(=O)N[C@@H](CO)C(=O)N[C@@H](CCCNC(=N)N)C(=O)N[C@H]2C[Se][Se]C[C@H](NC(=O)[C@H](C)N)C(=O)N[C@@H](CC(N)=O)C(=O)N[C@@H](CSSC[C@@H](C(N)=O)NC2=O)C(=O)N[C@@H](CO)C(=O)N[C@@H](CO)C1=O. The Morgan fingerprint density at radius 2 is 1.05 bits per heavy atom. The van der Waals surface area contributed by atoms with Crippen LogP contribution in [-0.2, 0) is 99.1 Å². The molecule has 0 unspecified atom stereocenters. The van der Waals surface area contributed by atoms with Crippen molar-refractivity contribution in [2.24, 2.45) is 28.7 Å². The number of rotatable bonds is 29. The molecule has 3 aromatic rings. The number of amides is 17. The van der Waals surface area contributed by atoms with Crippen LogP contribution in [0.5, 0.6) is 0 Å². The molecule has 2 aromatic heterocycles. The molecular formula is C74H115N27O22S2Se2. The van der Waals surface area contributed by atoms with E-state index in [0.29, 0.717) is 40.1 Å². The van der Waals surface area contributed by atoms with Crippen molar-refractivity contribution in [3.05, 3.63) is 54.2 Å². The number of aliphatic carboxylic acids is 1. The van der Waals surface area contributed by atoms with Gasteiger partial charge in [-0.15, -0.1) is 0 Å². The van der Waals surface area contributed by atoms with Gasteiger partial charge in [0.05, 0.1) is 31.6 Å². The molecule has 2 fully saturated rings. The summed E-state index contributed by atoms with van der Waals surface area (Å²) in [5, 5.41) is 97.0. The van der Waals surface area contributed by atoms with Crippen LogP contribution in [0.15, 0.2) is 43.0 Å². The van der Waals surface area contributed by atoms with E-state index in [0.717, 1.165) is 35.0 Å². The quantitative estimate of drug-likeness (QED) is 0.0101. The summed E-state index contributed by atoms with van der Waals surface area (Å²) in [6.07, 6.45) is 4.05. The van der Waals surface area contributed by atoms with Gasteiger partial charge in [-0.3, -0.25) is 43.8 Å². The zero-order valence-corrected chi connectivity index (χ0v) is 75.0. The molecule has 0 spiro atoms. The zero-order valence-electron chi connectivity index (χ0n) is 69.9. The molecule has 127 heavy (non-hydrogen) atoms. The van der Waals surface area contributed by atoms with Gasteiger partial charge in [0, 0.05) is 42.8 Å². The molecule has 2 aliphatic rings. The number of carbonyl (C=O) groups is 18. The molecule has 1 aromatic carbocycles. The fraction of sp³-hybridized carbons (Fsp3) is 0.581. The number of aromatic nitrogens is 3. The number of para-hydroxylation sites is 1. The number of carboxylic acids is 1. The number of nitrogens with one attached hydrogen (secondary N) is 20. The number of aliphatic hydroxyl groups is 3. The fourth-order valence-corrected chi connectivity index (χ4v) is 21.8. The van der Waals surface area contributed by atoms with Crippen molar-refractivity contribution in [2.45, 2.75) is 212 Å². The van der Waals surface area contributed by atoms with Crippen LogP contribution in [0.2, 0.25) is 10.6 Å². The molecule has 2 bridgehead atoms. The number of aliphatic hydroxyl groups excluding tert-OH is 3. The molecule has 0 radical (unpaired) electrons. The number of nitrogens with zero attached hydrogens (tertiary/aromatic N) is 2. The first-order valence-electron chi connectivity index (χ1n) is 40.4.